The molecular weight excluding hydrogens is 249 g/mol. The number of hydrogen-bond acceptors (Lipinski definition) is 3. The quantitative estimate of drug-likeness (QED) is 0.738. The number of ether oxygens (including phenoxy) is 1. The normalized spacial score (nSPS) is 17.6. The smallest absolute Gasteiger partial charge is 0.369 e. The molecule has 0 rings (SSSR count). The third-order valence-corrected chi connectivity index (χ3v) is 2.58. The number of nitrogens with two attached hydrogens (primary N) is 1. The van der Waals surface area contributed by atoms with Gasteiger partial charge in [-0.1, -0.05) is 0 Å². The summed E-state index contributed by atoms with van der Waals surface area (Å²) in [6, 6.07) is -0.0115. The van der Waals surface area contributed by atoms with Crippen molar-refractivity contribution in [3.63, 3.8) is 0 Å². The molecule has 2 unspecified atom stereocenters. The van der Waals surface area contributed by atoms with Gasteiger partial charge in [0.15, 0.2) is 6.10 Å². The van der Waals surface area contributed by atoms with Crippen LogP contribution in [0.5, 0.6) is 0 Å². The van der Waals surface area contributed by atoms with Gasteiger partial charge in [0.05, 0.1) is 5.54 Å². The fraction of sp³-hybridized carbons (Fsp3) is 0.909. The molecule has 0 saturated carbocycles. The number of primary amides is 1. The van der Waals surface area contributed by atoms with E-state index >= 15 is 0 Å². The molecule has 18 heavy (non-hydrogen) atoms. The van der Waals surface area contributed by atoms with Gasteiger partial charge in [0.25, 0.3) is 0 Å². The molecule has 2 atom stereocenters. The van der Waals surface area contributed by atoms with Crippen molar-refractivity contribution in [1.29, 1.82) is 0 Å². The number of nitrogens with one attached hydrogen (secondary N) is 1. The Morgan fingerprint density at radius 1 is 1.33 bits per heavy atom. The van der Waals surface area contributed by atoms with Crippen molar-refractivity contribution in [3.8, 4) is 0 Å². The number of carbonyl (C=O) groups excluding carboxylic acids is 1. The van der Waals surface area contributed by atoms with Crippen LogP contribution >= 0.6 is 0 Å². The molecule has 0 aliphatic rings. The predicted molar refractivity (Wildman–Crippen MR) is 62.0 cm³/mol. The van der Waals surface area contributed by atoms with Crippen molar-refractivity contribution in [2.45, 2.75) is 58.0 Å². The van der Waals surface area contributed by atoms with Crippen LogP contribution in [0, 0.1) is 0 Å². The van der Waals surface area contributed by atoms with Crippen LogP contribution in [0.4, 0.5) is 13.2 Å². The van der Waals surface area contributed by atoms with E-state index in [1.54, 1.807) is 6.92 Å². The molecule has 0 spiro atoms. The molecule has 0 aromatic carbocycles. The van der Waals surface area contributed by atoms with E-state index in [0.29, 0.717) is 0 Å². The van der Waals surface area contributed by atoms with Crippen LogP contribution in [0.2, 0.25) is 0 Å². The second-order valence-electron chi connectivity index (χ2n) is 4.80. The zero-order valence-electron chi connectivity index (χ0n) is 11.1. The molecular formula is C11H21F3N2O2. The lowest BCUT2D eigenvalue weighted by atomic mass is 9.96. The SMILES string of the molecule is CC(C)NC(C)(CCOC(C)C(F)(F)F)C(N)=O. The standard InChI is InChI=1S/C11H21F3N2O2/c1-7(2)16-10(4,9(15)17)5-6-18-8(3)11(12,13)14/h7-8,16H,5-6H2,1-4H3,(H2,15,17). The fourth-order valence-corrected chi connectivity index (χ4v) is 1.44. The molecule has 0 saturated heterocycles. The van der Waals surface area contributed by atoms with Crippen LogP contribution in [0.1, 0.15) is 34.1 Å². The van der Waals surface area contributed by atoms with E-state index in [1.807, 2.05) is 13.8 Å². The highest BCUT2D eigenvalue weighted by Gasteiger charge is 2.38. The maximum absolute atomic E-state index is 12.2. The van der Waals surface area contributed by atoms with Gasteiger partial charge in [-0.05, 0) is 34.1 Å². The summed E-state index contributed by atoms with van der Waals surface area (Å²) in [7, 11) is 0. The van der Waals surface area contributed by atoms with Gasteiger partial charge in [-0.3, -0.25) is 4.79 Å². The van der Waals surface area contributed by atoms with E-state index in [2.05, 4.69) is 10.1 Å². The average Bonchev–Trinajstić information content (AvgIpc) is 2.14. The first-order chi connectivity index (χ1) is 7.99. The Kier molecular flexibility index (Phi) is 6.09. The Hall–Kier alpha value is -0.820. The second-order valence-corrected chi connectivity index (χ2v) is 4.80. The summed E-state index contributed by atoms with van der Waals surface area (Å²) in [5.74, 6) is -0.612. The molecule has 0 heterocycles. The van der Waals surface area contributed by atoms with Gasteiger partial charge in [-0.15, -0.1) is 0 Å². The topological polar surface area (TPSA) is 64.3 Å². The highest BCUT2D eigenvalue weighted by molar-refractivity contribution is 5.84. The van der Waals surface area contributed by atoms with Gasteiger partial charge in [-0.2, -0.15) is 13.2 Å². The number of hydrogen-bond donors (Lipinski definition) is 2. The van der Waals surface area contributed by atoms with Crippen LogP contribution in [0.3, 0.4) is 0 Å². The van der Waals surface area contributed by atoms with Gasteiger partial charge >= 0.3 is 6.18 Å². The van der Waals surface area contributed by atoms with E-state index < -0.39 is 23.7 Å². The van der Waals surface area contributed by atoms with Crippen LogP contribution in [-0.2, 0) is 9.53 Å². The van der Waals surface area contributed by atoms with Crippen LogP contribution in [0.25, 0.3) is 0 Å². The summed E-state index contributed by atoms with van der Waals surface area (Å²) >= 11 is 0. The number of amides is 1. The van der Waals surface area contributed by atoms with Crippen molar-refractivity contribution in [2.75, 3.05) is 6.61 Å². The molecule has 0 aliphatic carbocycles. The minimum absolute atomic E-state index is 0.0115. The molecule has 1 amide bonds. The van der Waals surface area contributed by atoms with Crippen LogP contribution < -0.4 is 11.1 Å². The van der Waals surface area contributed by atoms with E-state index in [0.717, 1.165) is 6.92 Å². The second kappa shape index (κ2) is 6.38. The summed E-state index contributed by atoms with van der Waals surface area (Å²) in [4.78, 5) is 11.3. The maximum Gasteiger partial charge on any atom is 0.414 e. The summed E-state index contributed by atoms with van der Waals surface area (Å²) in [5.41, 5.74) is 4.17. The Balaban J connectivity index is 4.34. The van der Waals surface area contributed by atoms with Gasteiger partial charge < -0.3 is 15.8 Å². The number of alkyl halides is 3. The molecule has 0 fully saturated rings. The highest BCUT2D eigenvalue weighted by atomic mass is 19.4. The average molecular weight is 270 g/mol. The Morgan fingerprint density at radius 2 is 1.83 bits per heavy atom. The summed E-state index contributed by atoms with van der Waals surface area (Å²) in [6.45, 7) is 5.93. The van der Waals surface area contributed by atoms with Gasteiger partial charge in [0.1, 0.15) is 0 Å². The zero-order chi connectivity index (χ0) is 14.6. The third kappa shape index (κ3) is 5.68. The van der Waals surface area contributed by atoms with E-state index in [1.165, 1.54) is 0 Å². The lowest BCUT2D eigenvalue weighted by Crippen LogP contribution is -2.56. The van der Waals surface area contributed by atoms with Crippen LogP contribution in [-0.4, -0.2) is 36.4 Å². The van der Waals surface area contributed by atoms with E-state index in [4.69, 9.17) is 5.73 Å². The minimum atomic E-state index is -4.39. The lowest BCUT2D eigenvalue weighted by Gasteiger charge is -2.30. The van der Waals surface area contributed by atoms with E-state index in [9.17, 15) is 18.0 Å². The predicted octanol–water partition coefficient (Wildman–Crippen LogP) is 1.59. The van der Waals surface area contributed by atoms with Gasteiger partial charge in [0.2, 0.25) is 5.91 Å². The summed E-state index contributed by atoms with van der Waals surface area (Å²) < 4.78 is 41.3. The molecule has 0 aromatic heterocycles. The molecule has 7 heteroatoms. The maximum atomic E-state index is 12.2. The lowest BCUT2D eigenvalue weighted by molar-refractivity contribution is -0.215. The molecule has 3 N–H and O–H groups in total. The Labute approximate surface area is 105 Å². The molecule has 0 bridgehead atoms. The van der Waals surface area contributed by atoms with Gasteiger partial charge in [-0.25, -0.2) is 0 Å². The summed E-state index contributed by atoms with van der Waals surface area (Å²) in [5, 5.41) is 2.93. The first-order valence-electron chi connectivity index (χ1n) is 5.75. The first kappa shape index (κ1) is 17.2. The van der Waals surface area contributed by atoms with Crippen molar-refractivity contribution in [2.24, 2.45) is 5.73 Å². The fourth-order valence-electron chi connectivity index (χ4n) is 1.44. The number of halogens is 3. The van der Waals surface area contributed by atoms with Crippen molar-refractivity contribution < 1.29 is 22.7 Å². The third-order valence-electron chi connectivity index (χ3n) is 2.58. The number of carbonyl (C=O) groups is 1. The number of rotatable bonds is 7. The highest BCUT2D eigenvalue weighted by Crippen LogP contribution is 2.23. The Morgan fingerprint density at radius 3 is 2.17 bits per heavy atom. The molecule has 0 radical (unpaired) electrons. The van der Waals surface area contributed by atoms with Crippen LogP contribution in [0.15, 0.2) is 0 Å². The first-order valence-corrected chi connectivity index (χ1v) is 5.75. The van der Waals surface area contributed by atoms with Crippen molar-refractivity contribution in [1.82, 2.24) is 5.32 Å². The van der Waals surface area contributed by atoms with Gasteiger partial charge in [0, 0.05) is 12.6 Å². The van der Waals surface area contributed by atoms with E-state index in [-0.39, 0.29) is 19.1 Å². The molecule has 0 aliphatic heterocycles. The minimum Gasteiger partial charge on any atom is -0.369 e. The largest absolute Gasteiger partial charge is 0.414 e. The monoisotopic (exact) mass is 270 g/mol. The van der Waals surface area contributed by atoms with Crippen molar-refractivity contribution >= 4 is 5.91 Å². The Bertz CT molecular complexity index is 282. The van der Waals surface area contributed by atoms with Crippen molar-refractivity contribution in [3.05, 3.63) is 0 Å². The summed E-state index contributed by atoms with van der Waals surface area (Å²) in [6.07, 6.45) is -6.16. The molecule has 4 nitrogen and oxygen atoms in total. The molecule has 108 valence electrons. The molecule has 0 aromatic rings. The zero-order valence-corrected chi connectivity index (χ0v) is 11.1.